The molecule has 1 atom stereocenters. The summed E-state index contributed by atoms with van der Waals surface area (Å²) < 4.78 is 1.87. The molecule has 1 aromatic heterocycles. The van der Waals surface area contributed by atoms with Gasteiger partial charge in [0.1, 0.15) is 0 Å². The molecule has 0 radical (unpaired) electrons. The second-order valence-corrected chi connectivity index (χ2v) is 3.99. The topological polar surface area (TPSA) is 85.9 Å². The van der Waals surface area contributed by atoms with Crippen LogP contribution in [0.25, 0.3) is 0 Å². The predicted octanol–water partition coefficient (Wildman–Crippen LogP) is 0.804. The Morgan fingerprint density at radius 3 is 2.87 bits per heavy atom. The van der Waals surface area contributed by atoms with Gasteiger partial charge < -0.3 is 15.4 Å². The fourth-order valence-corrected chi connectivity index (χ4v) is 1.60. The van der Waals surface area contributed by atoms with Gasteiger partial charge in [0, 0.05) is 21.0 Å². The van der Waals surface area contributed by atoms with Crippen LogP contribution >= 0.6 is 15.9 Å². The molecule has 0 spiro atoms. The summed E-state index contributed by atoms with van der Waals surface area (Å²) in [5, 5.41) is 17.2. The van der Waals surface area contributed by atoms with Crippen LogP contribution in [0, 0.1) is 16.0 Å². The molecule has 8 heteroatoms. The maximum absolute atomic E-state index is 10.4. The Morgan fingerprint density at radius 2 is 2.40 bits per heavy atom. The fourth-order valence-electron chi connectivity index (χ4n) is 1.21. The molecule has 1 heterocycles. The van der Waals surface area contributed by atoms with E-state index in [2.05, 4.69) is 31.3 Å². The SMILES string of the molecule is CNCC(C)Cn1nc([N+](=O)[O-])nc1Br. The lowest BCUT2D eigenvalue weighted by Crippen LogP contribution is -2.21. The molecule has 0 saturated carbocycles. The van der Waals surface area contributed by atoms with Crippen LogP contribution in [0.5, 0.6) is 0 Å². The summed E-state index contributed by atoms with van der Waals surface area (Å²) in [5.74, 6) is -0.0499. The van der Waals surface area contributed by atoms with E-state index in [9.17, 15) is 10.1 Å². The lowest BCUT2D eigenvalue weighted by atomic mass is 10.2. The molecule has 0 aliphatic heterocycles. The Balaban J connectivity index is 2.72. The number of hydrogen-bond acceptors (Lipinski definition) is 5. The van der Waals surface area contributed by atoms with Crippen LogP contribution in [0.4, 0.5) is 5.95 Å². The summed E-state index contributed by atoms with van der Waals surface area (Å²) in [7, 11) is 1.86. The van der Waals surface area contributed by atoms with Crippen LogP contribution in [0.3, 0.4) is 0 Å². The van der Waals surface area contributed by atoms with Crippen LogP contribution in [0.1, 0.15) is 6.92 Å². The third-order valence-corrected chi connectivity index (χ3v) is 2.40. The first-order valence-electron chi connectivity index (χ1n) is 4.44. The molecule has 1 aromatic rings. The largest absolute Gasteiger partial charge is 0.492 e. The van der Waals surface area contributed by atoms with Gasteiger partial charge in [-0.3, -0.25) is 0 Å². The maximum Gasteiger partial charge on any atom is 0.492 e. The number of halogens is 1. The molecular weight excluding hydrogens is 266 g/mol. The highest BCUT2D eigenvalue weighted by molar-refractivity contribution is 9.10. The van der Waals surface area contributed by atoms with Crippen molar-refractivity contribution in [3.8, 4) is 0 Å². The van der Waals surface area contributed by atoms with Crippen molar-refractivity contribution in [3.05, 3.63) is 14.8 Å². The number of nitrogens with one attached hydrogen (secondary N) is 1. The average Bonchev–Trinajstić information content (AvgIpc) is 2.48. The Bertz CT molecular complexity index is 353. The van der Waals surface area contributed by atoms with E-state index in [4.69, 9.17) is 0 Å². The van der Waals surface area contributed by atoms with E-state index < -0.39 is 4.92 Å². The van der Waals surface area contributed by atoms with Crippen molar-refractivity contribution >= 4 is 21.9 Å². The highest BCUT2D eigenvalue weighted by atomic mass is 79.9. The summed E-state index contributed by atoms with van der Waals surface area (Å²) in [6, 6.07) is 0. The zero-order chi connectivity index (χ0) is 11.4. The normalized spacial score (nSPS) is 12.7. The van der Waals surface area contributed by atoms with Gasteiger partial charge in [-0.15, -0.1) is 0 Å². The minimum absolute atomic E-state index is 0.326. The lowest BCUT2D eigenvalue weighted by Gasteiger charge is -2.07. The lowest BCUT2D eigenvalue weighted by molar-refractivity contribution is -0.394. The first-order valence-corrected chi connectivity index (χ1v) is 5.23. The van der Waals surface area contributed by atoms with Crippen LogP contribution in [0.15, 0.2) is 4.73 Å². The predicted molar refractivity (Wildman–Crippen MR) is 57.5 cm³/mol. The van der Waals surface area contributed by atoms with Gasteiger partial charge in [0.2, 0.25) is 0 Å². The monoisotopic (exact) mass is 277 g/mol. The van der Waals surface area contributed by atoms with Crippen molar-refractivity contribution in [1.29, 1.82) is 0 Å². The molecule has 0 amide bonds. The zero-order valence-corrected chi connectivity index (χ0v) is 10.1. The molecule has 15 heavy (non-hydrogen) atoms. The summed E-state index contributed by atoms with van der Waals surface area (Å²) in [6.45, 7) is 3.43. The van der Waals surface area contributed by atoms with Crippen molar-refractivity contribution in [1.82, 2.24) is 20.1 Å². The van der Waals surface area contributed by atoms with E-state index in [0.717, 1.165) is 6.54 Å². The molecule has 0 bridgehead atoms. The molecular formula is C7H12BrN5O2. The standard InChI is InChI=1S/C7H12BrN5O2/c1-5(3-9-2)4-12-6(8)10-7(11-12)13(14)15/h5,9H,3-4H2,1-2H3. The van der Waals surface area contributed by atoms with Crippen molar-refractivity contribution in [2.24, 2.45) is 5.92 Å². The Hall–Kier alpha value is -1.02. The molecule has 84 valence electrons. The first-order chi connectivity index (χ1) is 7.04. The van der Waals surface area contributed by atoms with E-state index in [1.807, 2.05) is 14.0 Å². The van der Waals surface area contributed by atoms with Crippen LogP contribution in [0.2, 0.25) is 0 Å². The van der Waals surface area contributed by atoms with E-state index in [-0.39, 0.29) is 5.95 Å². The minimum atomic E-state index is -0.607. The third-order valence-electron chi connectivity index (χ3n) is 1.82. The smallest absolute Gasteiger partial charge is 0.390 e. The Labute approximate surface area is 95.2 Å². The van der Waals surface area contributed by atoms with Crippen molar-refractivity contribution in [2.45, 2.75) is 13.5 Å². The van der Waals surface area contributed by atoms with E-state index in [1.54, 1.807) is 0 Å². The molecule has 0 aromatic carbocycles. The second kappa shape index (κ2) is 5.17. The molecule has 0 saturated heterocycles. The fraction of sp³-hybridized carbons (Fsp3) is 0.714. The van der Waals surface area contributed by atoms with Crippen LogP contribution in [-0.2, 0) is 6.54 Å². The van der Waals surface area contributed by atoms with Crippen molar-refractivity contribution in [3.63, 3.8) is 0 Å². The molecule has 1 N–H and O–H groups in total. The maximum atomic E-state index is 10.4. The van der Waals surface area contributed by atoms with Crippen molar-refractivity contribution in [2.75, 3.05) is 13.6 Å². The van der Waals surface area contributed by atoms with Gasteiger partial charge in [0.05, 0.1) is 6.54 Å². The van der Waals surface area contributed by atoms with Gasteiger partial charge in [-0.1, -0.05) is 6.92 Å². The van der Waals surface area contributed by atoms with Crippen LogP contribution in [-0.4, -0.2) is 33.3 Å². The van der Waals surface area contributed by atoms with Gasteiger partial charge >= 0.3 is 5.95 Å². The van der Waals surface area contributed by atoms with E-state index in [1.165, 1.54) is 4.68 Å². The average molecular weight is 278 g/mol. The summed E-state index contributed by atoms with van der Waals surface area (Å²) in [5.41, 5.74) is 0. The summed E-state index contributed by atoms with van der Waals surface area (Å²) in [6.07, 6.45) is 0. The van der Waals surface area contributed by atoms with E-state index >= 15 is 0 Å². The first kappa shape index (κ1) is 12.1. The Morgan fingerprint density at radius 1 is 1.73 bits per heavy atom. The number of rotatable bonds is 5. The molecule has 0 fully saturated rings. The third kappa shape index (κ3) is 3.24. The number of nitrogens with zero attached hydrogens (tertiary/aromatic N) is 4. The van der Waals surface area contributed by atoms with Gasteiger partial charge in [0.15, 0.2) is 0 Å². The quantitative estimate of drug-likeness (QED) is 0.636. The summed E-state index contributed by atoms with van der Waals surface area (Å²) >= 11 is 3.13. The summed E-state index contributed by atoms with van der Waals surface area (Å²) in [4.78, 5) is 13.5. The minimum Gasteiger partial charge on any atom is -0.390 e. The van der Waals surface area contributed by atoms with Crippen LogP contribution < -0.4 is 5.32 Å². The highest BCUT2D eigenvalue weighted by Gasteiger charge is 2.20. The highest BCUT2D eigenvalue weighted by Crippen LogP contribution is 2.13. The Kier molecular flexibility index (Phi) is 4.15. The number of hydrogen-bond donors (Lipinski definition) is 1. The van der Waals surface area contributed by atoms with Gasteiger partial charge in [0.25, 0.3) is 4.73 Å². The molecule has 7 nitrogen and oxygen atoms in total. The van der Waals surface area contributed by atoms with Gasteiger partial charge in [-0.2, -0.15) is 4.68 Å². The molecule has 1 unspecified atom stereocenters. The number of aromatic nitrogens is 3. The molecule has 0 aliphatic rings. The van der Waals surface area contributed by atoms with Crippen molar-refractivity contribution < 1.29 is 4.92 Å². The van der Waals surface area contributed by atoms with Gasteiger partial charge in [-0.05, 0) is 29.4 Å². The van der Waals surface area contributed by atoms with Gasteiger partial charge in [-0.25, -0.2) is 0 Å². The van der Waals surface area contributed by atoms with E-state index in [0.29, 0.717) is 17.2 Å². The molecule has 0 aliphatic carbocycles. The zero-order valence-electron chi connectivity index (χ0n) is 8.47. The number of nitro groups is 1. The molecule has 1 rings (SSSR count). The second-order valence-electron chi connectivity index (χ2n) is 3.28.